The van der Waals surface area contributed by atoms with Gasteiger partial charge in [0.2, 0.25) is 0 Å². The zero-order valence-electron chi connectivity index (χ0n) is 9.18. The number of carbonyl (C=O) groups excluding carboxylic acids is 1. The first kappa shape index (κ1) is 12.2. The summed E-state index contributed by atoms with van der Waals surface area (Å²) in [6, 6.07) is 0. The predicted molar refractivity (Wildman–Crippen MR) is 57.7 cm³/mol. The summed E-state index contributed by atoms with van der Waals surface area (Å²) in [6.07, 6.45) is 6.95. The molecule has 74 valence electrons. The maximum atomic E-state index is 10.9. The summed E-state index contributed by atoms with van der Waals surface area (Å²) >= 11 is 0. The predicted octanol–water partition coefficient (Wildman–Crippen LogP) is 3.66. The quantitative estimate of drug-likeness (QED) is 0.590. The van der Waals surface area contributed by atoms with Crippen LogP contribution in [0.15, 0.2) is 23.3 Å². The van der Waals surface area contributed by atoms with E-state index in [1.807, 2.05) is 6.92 Å². The van der Waals surface area contributed by atoms with Crippen LogP contribution in [-0.2, 0) is 4.79 Å². The lowest BCUT2D eigenvalue weighted by Crippen LogP contribution is -1.93. The molecule has 0 aromatic heterocycles. The first-order chi connectivity index (χ1) is 6.06. The molecule has 0 aromatic carbocycles. The van der Waals surface area contributed by atoms with Crippen LogP contribution in [0, 0.1) is 0 Å². The number of allylic oxidation sites excluding steroid dienone is 4. The van der Waals surface area contributed by atoms with Gasteiger partial charge in [0.25, 0.3) is 0 Å². The molecular formula is C12H20O. The molecule has 0 bridgehead atoms. The van der Waals surface area contributed by atoms with E-state index in [1.54, 1.807) is 6.92 Å². The van der Waals surface area contributed by atoms with Gasteiger partial charge in [0, 0.05) is 6.42 Å². The summed E-state index contributed by atoms with van der Waals surface area (Å²) in [7, 11) is 0. The third-order valence-corrected chi connectivity index (χ3v) is 1.90. The molecule has 0 rings (SSSR count). The monoisotopic (exact) mass is 180 g/mol. The summed E-state index contributed by atoms with van der Waals surface area (Å²) in [4.78, 5) is 10.9. The van der Waals surface area contributed by atoms with E-state index in [1.165, 1.54) is 11.1 Å². The smallest absolute Gasteiger partial charge is 0.133 e. The molecule has 0 spiro atoms. The maximum Gasteiger partial charge on any atom is 0.133 e. The lowest BCUT2D eigenvalue weighted by Gasteiger charge is -2.02. The Morgan fingerprint density at radius 3 is 2.23 bits per heavy atom. The fraction of sp³-hybridized carbons (Fsp3) is 0.583. The number of carbonyl (C=O) groups is 1. The lowest BCUT2D eigenvalue weighted by molar-refractivity contribution is -0.116. The zero-order valence-corrected chi connectivity index (χ0v) is 9.18. The van der Waals surface area contributed by atoms with Crippen LogP contribution in [0.5, 0.6) is 0 Å². The molecule has 0 fully saturated rings. The van der Waals surface area contributed by atoms with Gasteiger partial charge in [-0.3, -0.25) is 4.79 Å². The fourth-order valence-electron chi connectivity index (χ4n) is 1.20. The number of Topliss-reactive ketones (excluding diaryl/α,β-unsaturated/α-hetero) is 1. The van der Waals surface area contributed by atoms with Gasteiger partial charge < -0.3 is 0 Å². The molecule has 0 heterocycles. The third kappa shape index (κ3) is 7.51. The van der Waals surface area contributed by atoms with Gasteiger partial charge in [-0.1, -0.05) is 23.3 Å². The van der Waals surface area contributed by atoms with Gasteiger partial charge in [-0.2, -0.15) is 0 Å². The largest absolute Gasteiger partial charge is 0.300 e. The summed E-state index contributed by atoms with van der Waals surface area (Å²) in [5.41, 5.74) is 2.60. The van der Waals surface area contributed by atoms with E-state index in [0.717, 1.165) is 12.8 Å². The Kier molecular flexibility index (Phi) is 6.21. The Bertz CT molecular complexity index is 217. The third-order valence-electron chi connectivity index (χ3n) is 1.90. The standard InChI is InChI=1S/C12H20O/c1-5-12(9-11(4)13)8-6-7-10(2)3/h5,7H,6,8-9H2,1-4H3. The summed E-state index contributed by atoms with van der Waals surface area (Å²) < 4.78 is 0. The fourth-order valence-corrected chi connectivity index (χ4v) is 1.20. The van der Waals surface area contributed by atoms with Crippen molar-refractivity contribution in [3.8, 4) is 0 Å². The van der Waals surface area contributed by atoms with Gasteiger partial charge in [-0.25, -0.2) is 0 Å². The van der Waals surface area contributed by atoms with Crippen molar-refractivity contribution in [2.75, 3.05) is 0 Å². The van der Waals surface area contributed by atoms with Crippen LogP contribution in [0.2, 0.25) is 0 Å². The molecular weight excluding hydrogens is 160 g/mol. The first-order valence-electron chi connectivity index (χ1n) is 4.83. The van der Waals surface area contributed by atoms with Gasteiger partial charge in [-0.15, -0.1) is 0 Å². The van der Waals surface area contributed by atoms with E-state index in [-0.39, 0.29) is 5.78 Å². The molecule has 0 saturated heterocycles. The minimum atomic E-state index is 0.255. The average molecular weight is 180 g/mol. The number of ketones is 1. The highest BCUT2D eigenvalue weighted by Crippen LogP contribution is 2.11. The second-order valence-electron chi connectivity index (χ2n) is 3.65. The number of hydrogen-bond acceptors (Lipinski definition) is 1. The van der Waals surface area contributed by atoms with Crippen LogP contribution < -0.4 is 0 Å². The molecule has 0 aliphatic heterocycles. The van der Waals surface area contributed by atoms with Crippen molar-refractivity contribution in [1.29, 1.82) is 0 Å². The Balaban J connectivity index is 3.88. The first-order valence-corrected chi connectivity index (χ1v) is 4.83. The van der Waals surface area contributed by atoms with Crippen molar-refractivity contribution < 1.29 is 4.79 Å². The van der Waals surface area contributed by atoms with E-state index < -0.39 is 0 Å². The van der Waals surface area contributed by atoms with Crippen molar-refractivity contribution in [2.24, 2.45) is 0 Å². The van der Waals surface area contributed by atoms with Crippen LogP contribution in [0.3, 0.4) is 0 Å². The van der Waals surface area contributed by atoms with Crippen LogP contribution in [0.1, 0.15) is 47.0 Å². The average Bonchev–Trinajstić information content (AvgIpc) is 2.01. The molecule has 0 aromatic rings. The lowest BCUT2D eigenvalue weighted by atomic mass is 10.0. The Hall–Kier alpha value is -0.850. The second-order valence-corrected chi connectivity index (χ2v) is 3.65. The minimum absolute atomic E-state index is 0.255. The van der Waals surface area contributed by atoms with Crippen LogP contribution in [0.4, 0.5) is 0 Å². The highest BCUT2D eigenvalue weighted by Gasteiger charge is 1.98. The number of rotatable bonds is 5. The number of hydrogen-bond donors (Lipinski definition) is 0. The van der Waals surface area contributed by atoms with E-state index in [9.17, 15) is 4.79 Å². The zero-order chi connectivity index (χ0) is 10.3. The molecule has 0 atom stereocenters. The van der Waals surface area contributed by atoms with Crippen molar-refractivity contribution in [3.05, 3.63) is 23.3 Å². The summed E-state index contributed by atoms with van der Waals surface area (Å²) in [5.74, 6) is 0.255. The van der Waals surface area contributed by atoms with Crippen molar-refractivity contribution in [1.82, 2.24) is 0 Å². The molecule has 0 aliphatic carbocycles. The van der Waals surface area contributed by atoms with Gasteiger partial charge in [0.15, 0.2) is 0 Å². The van der Waals surface area contributed by atoms with Crippen LogP contribution in [0.25, 0.3) is 0 Å². The highest BCUT2D eigenvalue weighted by atomic mass is 16.1. The molecule has 0 N–H and O–H groups in total. The van der Waals surface area contributed by atoms with Crippen molar-refractivity contribution >= 4 is 5.78 Å². The van der Waals surface area contributed by atoms with Crippen molar-refractivity contribution in [2.45, 2.75) is 47.0 Å². The Morgan fingerprint density at radius 2 is 1.85 bits per heavy atom. The molecule has 1 nitrogen and oxygen atoms in total. The molecule has 0 unspecified atom stereocenters. The minimum Gasteiger partial charge on any atom is -0.300 e. The summed E-state index contributed by atoms with van der Waals surface area (Å²) in [6.45, 7) is 7.84. The summed E-state index contributed by atoms with van der Waals surface area (Å²) in [5, 5.41) is 0. The molecule has 0 radical (unpaired) electrons. The molecule has 1 heteroatoms. The Labute approximate surface area is 81.5 Å². The normalized spacial score (nSPS) is 11.2. The van der Waals surface area contributed by atoms with Gasteiger partial charge in [0.1, 0.15) is 5.78 Å². The SMILES string of the molecule is CC=C(CCC=C(C)C)CC(C)=O. The molecule has 0 saturated carbocycles. The van der Waals surface area contributed by atoms with E-state index in [0.29, 0.717) is 6.42 Å². The van der Waals surface area contributed by atoms with Gasteiger partial charge >= 0.3 is 0 Å². The van der Waals surface area contributed by atoms with E-state index >= 15 is 0 Å². The molecule has 0 amide bonds. The van der Waals surface area contributed by atoms with Gasteiger partial charge in [0.05, 0.1) is 0 Å². The molecule has 13 heavy (non-hydrogen) atoms. The highest BCUT2D eigenvalue weighted by molar-refractivity contribution is 5.78. The van der Waals surface area contributed by atoms with Crippen molar-refractivity contribution in [3.63, 3.8) is 0 Å². The topological polar surface area (TPSA) is 17.1 Å². The van der Waals surface area contributed by atoms with E-state index in [2.05, 4.69) is 26.0 Å². The van der Waals surface area contributed by atoms with Crippen LogP contribution in [-0.4, -0.2) is 5.78 Å². The molecule has 0 aliphatic rings. The Morgan fingerprint density at radius 1 is 1.23 bits per heavy atom. The maximum absolute atomic E-state index is 10.9. The van der Waals surface area contributed by atoms with Crippen LogP contribution >= 0.6 is 0 Å². The van der Waals surface area contributed by atoms with Gasteiger partial charge in [-0.05, 0) is 40.5 Å². The second kappa shape index (κ2) is 6.64. The van der Waals surface area contributed by atoms with E-state index in [4.69, 9.17) is 0 Å².